The fraction of sp³-hybridized carbons (Fsp3) is 0.500. The molecule has 1 aromatic carbocycles. The molecule has 104 valence electrons. The maximum atomic E-state index is 12.1. The molecular weight excluding hydrogens is 308 g/mol. The molecule has 2 rings (SSSR count). The summed E-state index contributed by atoms with van der Waals surface area (Å²) in [7, 11) is 0. The molecular formula is C14H19BrN2O2. The van der Waals surface area contributed by atoms with Gasteiger partial charge in [0.1, 0.15) is 0 Å². The molecule has 19 heavy (non-hydrogen) atoms. The lowest BCUT2D eigenvalue weighted by Crippen LogP contribution is -2.44. The zero-order valence-electron chi connectivity index (χ0n) is 11.0. The van der Waals surface area contributed by atoms with Crippen molar-refractivity contribution in [3.63, 3.8) is 0 Å². The fourth-order valence-corrected chi connectivity index (χ4v) is 2.59. The monoisotopic (exact) mass is 326 g/mol. The molecule has 0 bridgehead atoms. The van der Waals surface area contributed by atoms with Crippen molar-refractivity contribution < 1.29 is 9.90 Å². The average Bonchev–Trinajstić information content (AvgIpc) is 2.41. The molecule has 1 saturated heterocycles. The molecule has 1 aliphatic rings. The highest BCUT2D eigenvalue weighted by molar-refractivity contribution is 9.10. The summed E-state index contributed by atoms with van der Waals surface area (Å²) in [5.41, 5.74) is 0.785. The van der Waals surface area contributed by atoms with Crippen LogP contribution in [0.3, 0.4) is 0 Å². The van der Waals surface area contributed by atoms with Crippen molar-refractivity contribution in [3.05, 3.63) is 28.7 Å². The number of piperidine rings is 1. The highest BCUT2D eigenvalue weighted by atomic mass is 79.9. The van der Waals surface area contributed by atoms with Crippen LogP contribution in [0, 0.1) is 5.92 Å². The van der Waals surface area contributed by atoms with Gasteiger partial charge in [0.25, 0.3) is 0 Å². The van der Waals surface area contributed by atoms with Crippen molar-refractivity contribution >= 4 is 27.6 Å². The van der Waals surface area contributed by atoms with Gasteiger partial charge in [-0.1, -0.05) is 15.9 Å². The van der Waals surface area contributed by atoms with Gasteiger partial charge in [-0.25, -0.2) is 4.79 Å². The maximum Gasteiger partial charge on any atom is 0.321 e. The second-order valence-corrected chi connectivity index (χ2v) is 5.94. The molecule has 2 N–H and O–H groups in total. The summed E-state index contributed by atoms with van der Waals surface area (Å²) in [4.78, 5) is 13.9. The third-order valence-corrected chi connectivity index (χ3v) is 4.05. The van der Waals surface area contributed by atoms with Crippen molar-refractivity contribution in [2.45, 2.75) is 25.9 Å². The number of hydrogen-bond acceptors (Lipinski definition) is 2. The molecule has 0 saturated carbocycles. The lowest BCUT2D eigenvalue weighted by atomic mass is 9.94. The largest absolute Gasteiger partial charge is 0.393 e. The van der Waals surface area contributed by atoms with Crippen LogP contribution < -0.4 is 5.32 Å². The predicted octanol–water partition coefficient (Wildman–Crippen LogP) is 3.07. The number of amides is 2. The minimum atomic E-state index is -0.358. The summed E-state index contributed by atoms with van der Waals surface area (Å²) in [5, 5.41) is 12.5. The van der Waals surface area contributed by atoms with Crippen molar-refractivity contribution in [1.29, 1.82) is 0 Å². The smallest absolute Gasteiger partial charge is 0.321 e. The number of hydrogen-bond donors (Lipinski definition) is 2. The third kappa shape index (κ3) is 3.94. The number of anilines is 1. The van der Waals surface area contributed by atoms with Crippen LogP contribution in [0.5, 0.6) is 0 Å². The summed E-state index contributed by atoms with van der Waals surface area (Å²) >= 11 is 3.36. The Bertz CT molecular complexity index is 434. The van der Waals surface area contributed by atoms with Crippen LogP contribution in [-0.2, 0) is 0 Å². The van der Waals surface area contributed by atoms with E-state index in [0.29, 0.717) is 6.54 Å². The SMILES string of the molecule is CC(O)C1CCCN(C(=O)Nc2ccc(Br)cc2)C1. The van der Waals surface area contributed by atoms with Crippen LogP contribution in [-0.4, -0.2) is 35.2 Å². The first-order valence-electron chi connectivity index (χ1n) is 6.56. The standard InChI is InChI=1S/C14H19BrN2O2/c1-10(18)11-3-2-8-17(9-11)14(19)16-13-6-4-12(15)5-7-13/h4-7,10-11,18H,2-3,8-9H2,1H3,(H,16,19). The Morgan fingerprint density at radius 2 is 2.16 bits per heavy atom. The summed E-state index contributed by atoms with van der Waals surface area (Å²) in [6, 6.07) is 7.41. The van der Waals surface area contributed by atoms with E-state index in [0.717, 1.165) is 29.5 Å². The number of carbonyl (C=O) groups excluding carboxylic acids is 1. The van der Waals surface area contributed by atoms with Gasteiger partial charge < -0.3 is 15.3 Å². The molecule has 2 atom stereocenters. The third-order valence-electron chi connectivity index (χ3n) is 3.52. The van der Waals surface area contributed by atoms with E-state index in [1.807, 2.05) is 24.3 Å². The van der Waals surface area contributed by atoms with Crippen LogP contribution in [0.1, 0.15) is 19.8 Å². The van der Waals surface area contributed by atoms with Gasteiger partial charge in [0.15, 0.2) is 0 Å². The number of halogens is 1. The number of aliphatic hydroxyl groups is 1. The van der Waals surface area contributed by atoms with E-state index in [1.54, 1.807) is 11.8 Å². The lowest BCUT2D eigenvalue weighted by molar-refractivity contribution is 0.0766. The second kappa shape index (κ2) is 6.39. The van der Waals surface area contributed by atoms with Crippen molar-refractivity contribution in [2.75, 3.05) is 18.4 Å². The number of benzene rings is 1. The Hall–Kier alpha value is -1.07. The molecule has 1 aliphatic heterocycles. The average molecular weight is 327 g/mol. The summed E-state index contributed by atoms with van der Waals surface area (Å²) < 4.78 is 0.984. The number of nitrogens with zero attached hydrogens (tertiary/aromatic N) is 1. The van der Waals surface area contributed by atoms with Crippen molar-refractivity contribution in [2.24, 2.45) is 5.92 Å². The van der Waals surface area contributed by atoms with E-state index in [-0.39, 0.29) is 18.1 Å². The molecule has 1 heterocycles. The van der Waals surface area contributed by atoms with Gasteiger partial charge in [0.2, 0.25) is 0 Å². The van der Waals surface area contributed by atoms with Crippen LogP contribution >= 0.6 is 15.9 Å². The van der Waals surface area contributed by atoms with Crippen molar-refractivity contribution in [1.82, 2.24) is 4.90 Å². The van der Waals surface area contributed by atoms with Crippen LogP contribution in [0.15, 0.2) is 28.7 Å². The molecule has 0 aliphatic carbocycles. The number of carbonyl (C=O) groups is 1. The van der Waals surface area contributed by atoms with Crippen LogP contribution in [0.25, 0.3) is 0 Å². The minimum Gasteiger partial charge on any atom is -0.393 e. The lowest BCUT2D eigenvalue weighted by Gasteiger charge is -2.34. The van der Waals surface area contributed by atoms with E-state index in [9.17, 15) is 9.90 Å². The molecule has 0 aromatic heterocycles. The highest BCUT2D eigenvalue weighted by Crippen LogP contribution is 2.21. The van der Waals surface area contributed by atoms with Gasteiger partial charge in [0, 0.05) is 29.2 Å². The number of urea groups is 1. The first-order chi connectivity index (χ1) is 9.06. The first-order valence-corrected chi connectivity index (χ1v) is 7.35. The number of nitrogens with one attached hydrogen (secondary N) is 1. The van der Waals surface area contributed by atoms with Crippen LogP contribution in [0.2, 0.25) is 0 Å². The Morgan fingerprint density at radius 3 is 2.79 bits per heavy atom. The summed E-state index contributed by atoms with van der Waals surface area (Å²) in [6.45, 7) is 3.17. The van der Waals surface area contributed by atoms with E-state index >= 15 is 0 Å². The maximum absolute atomic E-state index is 12.1. The molecule has 1 fully saturated rings. The normalized spacial score (nSPS) is 21.0. The second-order valence-electron chi connectivity index (χ2n) is 5.03. The van der Waals surface area contributed by atoms with Crippen LogP contribution in [0.4, 0.5) is 10.5 Å². The predicted molar refractivity (Wildman–Crippen MR) is 79.1 cm³/mol. The Kier molecular flexibility index (Phi) is 4.82. The molecule has 2 unspecified atom stereocenters. The molecule has 4 nitrogen and oxygen atoms in total. The van der Waals surface area contributed by atoms with Gasteiger partial charge in [-0.2, -0.15) is 0 Å². The number of rotatable bonds is 2. The Balaban J connectivity index is 1.94. The van der Waals surface area contributed by atoms with Gasteiger partial charge >= 0.3 is 6.03 Å². The number of aliphatic hydroxyl groups excluding tert-OH is 1. The Labute approximate surface area is 121 Å². The van der Waals surface area contributed by atoms with E-state index in [2.05, 4.69) is 21.2 Å². The molecule has 1 aromatic rings. The molecule has 0 spiro atoms. The fourth-order valence-electron chi connectivity index (χ4n) is 2.32. The minimum absolute atomic E-state index is 0.0901. The van der Waals surface area contributed by atoms with Gasteiger partial charge in [0.05, 0.1) is 6.10 Å². The van der Waals surface area contributed by atoms with Gasteiger partial charge in [-0.3, -0.25) is 0 Å². The molecule has 5 heteroatoms. The Morgan fingerprint density at radius 1 is 1.47 bits per heavy atom. The zero-order chi connectivity index (χ0) is 13.8. The van der Waals surface area contributed by atoms with Gasteiger partial charge in [-0.05, 0) is 44.0 Å². The quantitative estimate of drug-likeness (QED) is 0.877. The summed E-state index contributed by atoms with van der Waals surface area (Å²) in [6.07, 6.45) is 1.58. The topological polar surface area (TPSA) is 52.6 Å². The zero-order valence-corrected chi connectivity index (χ0v) is 12.6. The first kappa shape index (κ1) is 14.3. The highest BCUT2D eigenvalue weighted by Gasteiger charge is 2.26. The van der Waals surface area contributed by atoms with E-state index in [4.69, 9.17) is 0 Å². The molecule has 0 radical (unpaired) electrons. The van der Waals surface area contributed by atoms with Gasteiger partial charge in [-0.15, -0.1) is 0 Å². The molecule has 2 amide bonds. The van der Waals surface area contributed by atoms with E-state index in [1.165, 1.54) is 0 Å². The van der Waals surface area contributed by atoms with Crippen molar-refractivity contribution in [3.8, 4) is 0 Å². The summed E-state index contributed by atoms with van der Waals surface area (Å²) in [5.74, 6) is 0.185. The number of likely N-dealkylation sites (tertiary alicyclic amines) is 1. The van der Waals surface area contributed by atoms with E-state index < -0.39 is 0 Å².